The molecule has 2 N–H and O–H groups in total. The number of aryl methyl sites for hydroxylation is 1. The van der Waals surface area contributed by atoms with Crippen molar-refractivity contribution in [3.8, 4) is 0 Å². The van der Waals surface area contributed by atoms with Crippen molar-refractivity contribution in [1.82, 2.24) is 4.98 Å². The molecular formula is C11H18BNO2. The van der Waals surface area contributed by atoms with Crippen molar-refractivity contribution in [1.29, 1.82) is 0 Å². The Bertz CT molecular complexity index is 328. The van der Waals surface area contributed by atoms with Crippen molar-refractivity contribution in [2.75, 3.05) is 0 Å². The largest absolute Gasteiger partial charge is 0.490 e. The molecule has 15 heavy (non-hydrogen) atoms. The maximum absolute atomic E-state index is 9.26. The van der Waals surface area contributed by atoms with Gasteiger partial charge in [-0.3, -0.25) is 4.98 Å². The predicted molar refractivity (Wildman–Crippen MR) is 62.1 cm³/mol. The lowest BCUT2D eigenvalue weighted by Crippen LogP contribution is -2.35. The zero-order valence-electron chi connectivity index (χ0n) is 9.57. The van der Waals surface area contributed by atoms with Gasteiger partial charge in [0.05, 0.1) is 0 Å². The normalized spacial score (nSPS) is 12.6. The van der Waals surface area contributed by atoms with Crippen LogP contribution in [0.2, 0.25) is 0 Å². The third-order valence-electron chi connectivity index (χ3n) is 2.71. The fraction of sp³-hybridized carbons (Fsp3) is 0.545. The Hall–Kier alpha value is -0.865. The Morgan fingerprint density at radius 2 is 2.07 bits per heavy atom. The molecule has 0 aromatic carbocycles. The van der Waals surface area contributed by atoms with Crippen molar-refractivity contribution in [3.63, 3.8) is 0 Å². The Kier molecular flexibility index (Phi) is 4.30. The van der Waals surface area contributed by atoms with Crippen LogP contribution in [0, 0.1) is 6.92 Å². The van der Waals surface area contributed by atoms with E-state index in [1.54, 1.807) is 12.4 Å². The topological polar surface area (TPSA) is 53.4 Å². The number of aromatic nitrogens is 1. The summed E-state index contributed by atoms with van der Waals surface area (Å²) in [6, 6.07) is 0. The minimum absolute atomic E-state index is 0.342. The first-order valence-corrected chi connectivity index (χ1v) is 5.38. The summed E-state index contributed by atoms with van der Waals surface area (Å²) in [5.41, 5.74) is 2.60. The maximum atomic E-state index is 9.26. The smallest absolute Gasteiger partial charge is 0.423 e. The summed E-state index contributed by atoms with van der Waals surface area (Å²) >= 11 is 0. The standard InChI is InChI=1S/C11H18BNO2/c1-4-5-8(2)11-9(3)6-13-7-10(11)12(14)15/h6-8,14-15H,4-5H2,1-3H3. The fourth-order valence-electron chi connectivity index (χ4n) is 2.05. The van der Waals surface area contributed by atoms with Crippen molar-refractivity contribution in [2.45, 2.75) is 39.5 Å². The molecule has 1 atom stereocenters. The molecule has 3 nitrogen and oxygen atoms in total. The first kappa shape index (κ1) is 12.2. The molecule has 0 saturated carbocycles. The molecule has 0 aliphatic carbocycles. The van der Waals surface area contributed by atoms with Gasteiger partial charge in [-0.15, -0.1) is 0 Å². The van der Waals surface area contributed by atoms with Crippen LogP contribution in [-0.2, 0) is 0 Å². The van der Waals surface area contributed by atoms with E-state index in [1.807, 2.05) is 6.92 Å². The van der Waals surface area contributed by atoms with Crippen LogP contribution in [0.5, 0.6) is 0 Å². The van der Waals surface area contributed by atoms with E-state index in [1.165, 1.54) is 0 Å². The Balaban J connectivity index is 3.12. The number of nitrogens with zero attached hydrogens (tertiary/aromatic N) is 1. The van der Waals surface area contributed by atoms with E-state index < -0.39 is 7.12 Å². The first-order chi connectivity index (χ1) is 7.07. The lowest BCUT2D eigenvalue weighted by atomic mass is 9.73. The van der Waals surface area contributed by atoms with Crippen LogP contribution < -0.4 is 5.46 Å². The molecule has 1 rings (SSSR count). The quantitative estimate of drug-likeness (QED) is 0.723. The fourth-order valence-corrected chi connectivity index (χ4v) is 2.05. The van der Waals surface area contributed by atoms with Gasteiger partial charge in [0, 0.05) is 17.9 Å². The summed E-state index contributed by atoms with van der Waals surface area (Å²) in [6.07, 6.45) is 5.45. The van der Waals surface area contributed by atoms with Crippen molar-refractivity contribution in [2.24, 2.45) is 0 Å². The third-order valence-corrected chi connectivity index (χ3v) is 2.71. The highest BCUT2D eigenvalue weighted by Crippen LogP contribution is 2.21. The summed E-state index contributed by atoms with van der Waals surface area (Å²) in [7, 11) is -1.42. The van der Waals surface area contributed by atoms with E-state index in [4.69, 9.17) is 0 Å². The van der Waals surface area contributed by atoms with Gasteiger partial charge in [0.25, 0.3) is 0 Å². The van der Waals surface area contributed by atoms with E-state index in [9.17, 15) is 10.0 Å². The van der Waals surface area contributed by atoms with Crippen LogP contribution in [0.1, 0.15) is 43.7 Å². The van der Waals surface area contributed by atoms with E-state index >= 15 is 0 Å². The molecule has 1 heterocycles. The van der Waals surface area contributed by atoms with Gasteiger partial charge in [0.15, 0.2) is 0 Å². The number of rotatable bonds is 4. The van der Waals surface area contributed by atoms with Crippen molar-refractivity contribution < 1.29 is 10.0 Å². The zero-order valence-corrected chi connectivity index (χ0v) is 9.57. The molecule has 0 aliphatic heterocycles. The van der Waals surface area contributed by atoms with Gasteiger partial charge >= 0.3 is 7.12 Å². The van der Waals surface area contributed by atoms with Crippen LogP contribution in [0.4, 0.5) is 0 Å². The minimum Gasteiger partial charge on any atom is -0.423 e. The zero-order chi connectivity index (χ0) is 11.4. The summed E-state index contributed by atoms with van der Waals surface area (Å²) in [5.74, 6) is 0.342. The van der Waals surface area contributed by atoms with Crippen LogP contribution in [0.25, 0.3) is 0 Å². The van der Waals surface area contributed by atoms with Crippen LogP contribution in [-0.4, -0.2) is 22.2 Å². The molecule has 1 unspecified atom stereocenters. The van der Waals surface area contributed by atoms with Crippen LogP contribution in [0.15, 0.2) is 12.4 Å². The van der Waals surface area contributed by atoms with Crippen LogP contribution in [0.3, 0.4) is 0 Å². The highest BCUT2D eigenvalue weighted by atomic mass is 16.4. The second kappa shape index (κ2) is 5.28. The second-order valence-electron chi connectivity index (χ2n) is 4.02. The van der Waals surface area contributed by atoms with Gasteiger partial charge in [-0.2, -0.15) is 0 Å². The second-order valence-corrected chi connectivity index (χ2v) is 4.02. The molecule has 0 radical (unpaired) electrons. The molecule has 0 spiro atoms. The molecule has 4 heteroatoms. The van der Waals surface area contributed by atoms with Crippen LogP contribution >= 0.6 is 0 Å². The monoisotopic (exact) mass is 207 g/mol. The van der Waals surface area contributed by atoms with Gasteiger partial charge in [-0.05, 0) is 30.4 Å². The molecule has 0 aliphatic rings. The summed E-state index contributed by atoms with van der Waals surface area (Å²) in [6.45, 7) is 6.19. The highest BCUT2D eigenvalue weighted by Gasteiger charge is 2.21. The van der Waals surface area contributed by atoms with Gasteiger partial charge in [0.1, 0.15) is 0 Å². The number of hydrogen-bond acceptors (Lipinski definition) is 3. The maximum Gasteiger partial charge on any atom is 0.490 e. The first-order valence-electron chi connectivity index (χ1n) is 5.38. The van der Waals surface area contributed by atoms with E-state index in [0.717, 1.165) is 24.0 Å². The van der Waals surface area contributed by atoms with Gasteiger partial charge in [0.2, 0.25) is 0 Å². The van der Waals surface area contributed by atoms with E-state index in [0.29, 0.717) is 11.4 Å². The lowest BCUT2D eigenvalue weighted by Gasteiger charge is -2.17. The average Bonchev–Trinajstić information content (AvgIpc) is 2.17. The Morgan fingerprint density at radius 3 is 2.60 bits per heavy atom. The summed E-state index contributed by atoms with van der Waals surface area (Å²) in [5, 5.41) is 18.5. The molecule has 82 valence electrons. The van der Waals surface area contributed by atoms with Gasteiger partial charge in [-0.1, -0.05) is 20.3 Å². The molecule has 0 amide bonds. The highest BCUT2D eigenvalue weighted by molar-refractivity contribution is 6.59. The van der Waals surface area contributed by atoms with Crippen molar-refractivity contribution in [3.05, 3.63) is 23.5 Å². The Morgan fingerprint density at radius 1 is 1.40 bits per heavy atom. The van der Waals surface area contributed by atoms with Gasteiger partial charge in [-0.25, -0.2) is 0 Å². The average molecular weight is 207 g/mol. The number of pyridine rings is 1. The van der Waals surface area contributed by atoms with E-state index in [2.05, 4.69) is 18.8 Å². The minimum atomic E-state index is -1.42. The number of hydrogen-bond donors (Lipinski definition) is 2. The third kappa shape index (κ3) is 2.80. The molecule has 0 fully saturated rings. The SMILES string of the molecule is CCCC(C)c1c(C)cncc1B(O)O. The molecule has 0 bridgehead atoms. The molecule has 0 saturated heterocycles. The van der Waals surface area contributed by atoms with Gasteiger partial charge < -0.3 is 10.0 Å². The summed E-state index contributed by atoms with van der Waals surface area (Å²) in [4.78, 5) is 3.99. The summed E-state index contributed by atoms with van der Waals surface area (Å²) < 4.78 is 0. The molecule has 1 aromatic rings. The lowest BCUT2D eigenvalue weighted by molar-refractivity contribution is 0.424. The predicted octanol–water partition coefficient (Wildman–Crippen LogP) is 0.973. The van der Waals surface area contributed by atoms with E-state index in [-0.39, 0.29) is 0 Å². The molecule has 1 aromatic heterocycles. The Labute approximate surface area is 91.3 Å². The van der Waals surface area contributed by atoms with Crippen molar-refractivity contribution >= 4 is 12.6 Å². The molecular weight excluding hydrogens is 189 g/mol.